The van der Waals surface area contributed by atoms with Gasteiger partial charge in [0, 0.05) is 18.1 Å². The number of rotatable bonds is 6. The summed E-state index contributed by atoms with van der Waals surface area (Å²) >= 11 is 12.1. The summed E-state index contributed by atoms with van der Waals surface area (Å²) in [5.41, 5.74) is 1.49. The van der Waals surface area contributed by atoms with Gasteiger partial charge in [0.15, 0.2) is 10.9 Å². The molecule has 1 aliphatic rings. The van der Waals surface area contributed by atoms with Crippen LogP contribution in [-0.2, 0) is 5.60 Å². The first-order chi connectivity index (χ1) is 18.0. The molecule has 0 saturated carbocycles. The molecule has 1 saturated heterocycles. The van der Waals surface area contributed by atoms with Gasteiger partial charge in [-0.2, -0.15) is 0 Å². The van der Waals surface area contributed by atoms with Crippen molar-refractivity contribution in [3.05, 3.63) is 125 Å². The molecule has 1 aliphatic heterocycles. The number of anilines is 1. The van der Waals surface area contributed by atoms with Gasteiger partial charge in [-0.3, -0.25) is 0 Å². The van der Waals surface area contributed by atoms with Crippen molar-refractivity contribution in [1.82, 2.24) is 4.90 Å². The number of para-hydroxylation sites is 1. The van der Waals surface area contributed by atoms with Gasteiger partial charge in [0.1, 0.15) is 11.4 Å². The largest absolute Gasteiger partial charge is 0.455 e. The van der Waals surface area contributed by atoms with Crippen LogP contribution in [0.4, 0.5) is 5.69 Å². The van der Waals surface area contributed by atoms with Crippen molar-refractivity contribution in [3.8, 4) is 11.5 Å². The molecule has 4 nitrogen and oxygen atoms in total. The Balaban J connectivity index is 1.30. The Kier molecular flexibility index (Phi) is 7.75. The SMILES string of the molecule is OC(c1ccccc1)(c1ccccc1)C1CCN(C(=S)Nc2cc(Cl)ccc2Oc2ccccc2)CC1. The lowest BCUT2D eigenvalue weighted by Gasteiger charge is -2.43. The van der Waals surface area contributed by atoms with Gasteiger partial charge in [-0.25, -0.2) is 0 Å². The van der Waals surface area contributed by atoms with Gasteiger partial charge in [0.25, 0.3) is 0 Å². The monoisotopic (exact) mass is 528 g/mol. The molecule has 0 amide bonds. The van der Waals surface area contributed by atoms with E-state index >= 15 is 0 Å². The van der Waals surface area contributed by atoms with Crippen LogP contribution in [0.15, 0.2) is 109 Å². The summed E-state index contributed by atoms with van der Waals surface area (Å²) in [6, 6.07) is 35.0. The molecule has 0 aliphatic carbocycles. The molecule has 1 fully saturated rings. The third kappa shape index (κ3) is 5.64. The van der Waals surface area contributed by atoms with Crippen molar-refractivity contribution in [2.75, 3.05) is 18.4 Å². The van der Waals surface area contributed by atoms with Gasteiger partial charge in [-0.05, 0) is 72.4 Å². The maximum Gasteiger partial charge on any atom is 0.173 e. The molecule has 37 heavy (non-hydrogen) atoms. The molecule has 0 bridgehead atoms. The van der Waals surface area contributed by atoms with Gasteiger partial charge in [-0.15, -0.1) is 0 Å². The maximum absolute atomic E-state index is 12.1. The van der Waals surface area contributed by atoms with E-state index < -0.39 is 5.60 Å². The van der Waals surface area contributed by atoms with Crippen molar-refractivity contribution in [3.63, 3.8) is 0 Å². The Morgan fingerprint density at radius 3 is 1.95 bits per heavy atom. The van der Waals surface area contributed by atoms with Crippen molar-refractivity contribution in [2.24, 2.45) is 5.92 Å². The van der Waals surface area contributed by atoms with E-state index in [-0.39, 0.29) is 5.92 Å². The molecule has 1 heterocycles. The number of hydrogen-bond acceptors (Lipinski definition) is 3. The zero-order valence-electron chi connectivity index (χ0n) is 20.4. The quantitative estimate of drug-likeness (QED) is 0.254. The Labute approximate surface area is 228 Å². The summed E-state index contributed by atoms with van der Waals surface area (Å²) in [6.07, 6.45) is 1.59. The van der Waals surface area contributed by atoms with Crippen molar-refractivity contribution >= 4 is 34.6 Å². The van der Waals surface area contributed by atoms with E-state index in [1.54, 1.807) is 6.07 Å². The smallest absolute Gasteiger partial charge is 0.173 e. The number of benzene rings is 4. The van der Waals surface area contributed by atoms with E-state index in [1.165, 1.54) is 0 Å². The molecular formula is C31H29ClN2O2S. The first-order valence-electron chi connectivity index (χ1n) is 12.5. The van der Waals surface area contributed by atoms with Crippen molar-refractivity contribution < 1.29 is 9.84 Å². The first kappa shape index (κ1) is 25.3. The number of thiocarbonyl (C=S) groups is 1. The Morgan fingerprint density at radius 2 is 1.38 bits per heavy atom. The lowest BCUT2D eigenvalue weighted by atomic mass is 9.72. The molecule has 6 heteroatoms. The number of ether oxygens (including phenoxy) is 1. The standard InChI is InChI=1S/C31H29ClN2O2S/c32-26-16-17-29(36-27-14-8-3-9-15-27)28(22-26)33-30(37)34-20-18-25(19-21-34)31(35,23-10-4-1-5-11-23)24-12-6-2-7-13-24/h1-17,22,25,35H,18-21H2,(H,33,37). The van der Waals surface area contributed by atoms with E-state index in [9.17, 15) is 5.11 Å². The second-order valence-corrected chi connectivity index (χ2v) is 10.1. The highest BCUT2D eigenvalue weighted by molar-refractivity contribution is 7.80. The number of likely N-dealkylation sites (tertiary alicyclic amines) is 1. The maximum atomic E-state index is 12.1. The lowest BCUT2D eigenvalue weighted by Crippen LogP contribution is -2.47. The average Bonchev–Trinajstić information content (AvgIpc) is 2.95. The minimum absolute atomic E-state index is 0.0551. The summed E-state index contributed by atoms with van der Waals surface area (Å²) in [6.45, 7) is 1.46. The van der Waals surface area contributed by atoms with Crippen LogP contribution in [0, 0.1) is 5.92 Å². The van der Waals surface area contributed by atoms with Crippen LogP contribution in [0.5, 0.6) is 11.5 Å². The molecule has 0 spiro atoms. The number of piperidine rings is 1. The Morgan fingerprint density at radius 1 is 0.838 bits per heavy atom. The minimum Gasteiger partial charge on any atom is -0.455 e. The molecule has 188 valence electrons. The Hall–Kier alpha value is -3.38. The van der Waals surface area contributed by atoms with E-state index in [0.717, 1.165) is 42.8 Å². The van der Waals surface area contributed by atoms with Crippen LogP contribution >= 0.6 is 23.8 Å². The molecular weight excluding hydrogens is 500 g/mol. The van der Waals surface area contributed by atoms with Crippen LogP contribution in [0.3, 0.4) is 0 Å². The highest BCUT2D eigenvalue weighted by Gasteiger charge is 2.41. The summed E-state index contributed by atoms with van der Waals surface area (Å²) in [5.74, 6) is 1.44. The first-order valence-corrected chi connectivity index (χ1v) is 13.2. The Bertz CT molecular complexity index is 1290. The zero-order valence-corrected chi connectivity index (χ0v) is 22.0. The normalized spacial score (nSPS) is 14.3. The summed E-state index contributed by atoms with van der Waals surface area (Å²) in [7, 11) is 0. The predicted octanol–water partition coefficient (Wildman–Crippen LogP) is 7.48. The zero-order chi connectivity index (χ0) is 25.7. The van der Waals surface area contributed by atoms with E-state index in [0.29, 0.717) is 21.6 Å². The highest BCUT2D eigenvalue weighted by atomic mass is 35.5. The van der Waals surface area contributed by atoms with Gasteiger partial charge >= 0.3 is 0 Å². The molecule has 0 unspecified atom stereocenters. The van der Waals surface area contributed by atoms with Crippen LogP contribution in [-0.4, -0.2) is 28.2 Å². The lowest BCUT2D eigenvalue weighted by molar-refractivity contribution is -0.00631. The fraction of sp³-hybridized carbons (Fsp3) is 0.194. The number of halogens is 1. The molecule has 2 N–H and O–H groups in total. The molecule has 0 aromatic heterocycles. The molecule has 4 aromatic rings. The van der Waals surface area contributed by atoms with Gasteiger partial charge in [-0.1, -0.05) is 90.5 Å². The second-order valence-electron chi connectivity index (χ2n) is 9.25. The molecule has 0 atom stereocenters. The van der Waals surface area contributed by atoms with Crippen LogP contribution in [0.1, 0.15) is 24.0 Å². The molecule has 5 rings (SSSR count). The third-order valence-electron chi connectivity index (χ3n) is 6.96. The average molecular weight is 529 g/mol. The van der Waals surface area contributed by atoms with Crippen molar-refractivity contribution in [1.29, 1.82) is 0 Å². The second kappa shape index (κ2) is 11.3. The minimum atomic E-state index is -1.06. The summed E-state index contributed by atoms with van der Waals surface area (Å²) in [4.78, 5) is 2.15. The fourth-order valence-electron chi connectivity index (χ4n) is 5.02. The van der Waals surface area contributed by atoms with E-state index in [1.807, 2.05) is 103 Å². The number of aliphatic hydroxyl groups is 1. The predicted molar refractivity (Wildman–Crippen MR) is 154 cm³/mol. The van der Waals surface area contributed by atoms with Crippen LogP contribution < -0.4 is 10.1 Å². The number of hydrogen-bond donors (Lipinski definition) is 2. The van der Waals surface area contributed by atoms with Crippen LogP contribution in [0.25, 0.3) is 0 Å². The topological polar surface area (TPSA) is 44.7 Å². The summed E-state index contributed by atoms with van der Waals surface area (Å²) in [5, 5.41) is 16.7. The van der Waals surface area contributed by atoms with E-state index in [4.69, 9.17) is 28.6 Å². The van der Waals surface area contributed by atoms with Crippen molar-refractivity contribution in [2.45, 2.75) is 18.4 Å². The molecule has 4 aromatic carbocycles. The van der Waals surface area contributed by atoms with Crippen LogP contribution in [0.2, 0.25) is 5.02 Å². The number of nitrogens with one attached hydrogen (secondary N) is 1. The fourth-order valence-corrected chi connectivity index (χ4v) is 5.49. The number of nitrogens with zero attached hydrogens (tertiary/aromatic N) is 1. The van der Waals surface area contributed by atoms with Gasteiger partial charge in [0.2, 0.25) is 0 Å². The van der Waals surface area contributed by atoms with Gasteiger partial charge < -0.3 is 20.1 Å². The molecule has 0 radical (unpaired) electrons. The third-order valence-corrected chi connectivity index (χ3v) is 7.55. The summed E-state index contributed by atoms with van der Waals surface area (Å²) < 4.78 is 6.08. The van der Waals surface area contributed by atoms with E-state index in [2.05, 4.69) is 10.2 Å². The highest BCUT2D eigenvalue weighted by Crippen LogP contribution is 2.42. The van der Waals surface area contributed by atoms with Gasteiger partial charge in [0.05, 0.1) is 5.69 Å².